The first-order chi connectivity index (χ1) is 12.7. The van der Waals surface area contributed by atoms with E-state index in [1.165, 1.54) is 52.0 Å². The van der Waals surface area contributed by atoms with Crippen molar-refractivity contribution in [1.82, 2.24) is 9.58 Å². The zero-order valence-corrected chi connectivity index (χ0v) is 15.2. The second-order valence-corrected chi connectivity index (χ2v) is 7.02. The fourth-order valence-electron chi connectivity index (χ4n) is 4.01. The van der Waals surface area contributed by atoms with Crippen LogP contribution in [0, 0.1) is 0 Å². The minimum atomic E-state index is -0.136. The minimum absolute atomic E-state index is 0.136. The van der Waals surface area contributed by atoms with Gasteiger partial charge in [-0.2, -0.15) is 0 Å². The summed E-state index contributed by atoms with van der Waals surface area (Å²) in [5.74, 6) is 5.58. The maximum atomic E-state index is 12.2. The summed E-state index contributed by atoms with van der Waals surface area (Å²) in [4.78, 5) is 12.2. The molecule has 1 aromatic heterocycles. The molecule has 4 heteroatoms. The van der Waals surface area contributed by atoms with Gasteiger partial charge in [0.05, 0.1) is 0 Å². The first-order valence-electron chi connectivity index (χ1n) is 9.43. The molecule has 0 radical (unpaired) electrons. The molecule has 0 saturated heterocycles. The molecule has 0 atom stereocenters. The number of hydrogen-bond donors (Lipinski definition) is 1. The number of rotatable bonds is 4. The van der Waals surface area contributed by atoms with E-state index < -0.39 is 0 Å². The van der Waals surface area contributed by atoms with Gasteiger partial charge in [0, 0.05) is 35.2 Å². The van der Waals surface area contributed by atoms with Gasteiger partial charge in [0.1, 0.15) is 0 Å². The second kappa shape index (κ2) is 6.96. The molecule has 0 fully saturated rings. The van der Waals surface area contributed by atoms with Gasteiger partial charge < -0.3 is 4.57 Å². The molecular formula is C22H25N3O. The quantitative estimate of drug-likeness (QED) is 0.442. The van der Waals surface area contributed by atoms with E-state index in [1.807, 2.05) is 31.2 Å². The molecule has 2 aromatic carbocycles. The topological polar surface area (TPSA) is 51.3 Å². The SMILES string of the molecule is CCN(N)C(=O)c1ccc(Cn2c3c(c4ccccc42)CCCC3)cc1. The molecule has 1 heterocycles. The Morgan fingerprint density at radius 2 is 1.81 bits per heavy atom. The van der Waals surface area contributed by atoms with Crippen molar-refractivity contribution in [3.63, 3.8) is 0 Å². The molecule has 2 N–H and O–H groups in total. The van der Waals surface area contributed by atoms with E-state index in [1.54, 1.807) is 0 Å². The number of carbonyl (C=O) groups excluding carboxylic acids is 1. The highest BCUT2D eigenvalue weighted by molar-refractivity contribution is 5.93. The largest absolute Gasteiger partial charge is 0.340 e. The van der Waals surface area contributed by atoms with Crippen molar-refractivity contribution >= 4 is 16.8 Å². The summed E-state index contributed by atoms with van der Waals surface area (Å²) in [6.07, 6.45) is 4.88. The third-order valence-electron chi connectivity index (χ3n) is 5.43. The molecule has 4 nitrogen and oxygen atoms in total. The van der Waals surface area contributed by atoms with Crippen LogP contribution in [-0.4, -0.2) is 22.0 Å². The maximum absolute atomic E-state index is 12.2. The van der Waals surface area contributed by atoms with Crippen molar-refractivity contribution < 1.29 is 4.79 Å². The molecule has 0 aliphatic heterocycles. The summed E-state index contributed by atoms with van der Waals surface area (Å²) >= 11 is 0. The summed E-state index contributed by atoms with van der Waals surface area (Å²) in [6, 6.07) is 16.6. The fraction of sp³-hybridized carbons (Fsp3) is 0.318. The Bertz CT molecular complexity index is 940. The number of nitrogens with zero attached hydrogens (tertiary/aromatic N) is 2. The van der Waals surface area contributed by atoms with E-state index in [-0.39, 0.29) is 5.91 Å². The minimum Gasteiger partial charge on any atom is -0.340 e. The maximum Gasteiger partial charge on any atom is 0.267 e. The molecule has 0 bridgehead atoms. The van der Waals surface area contributed by atoms with Gasteiger partial charge >= 0.3 is 0 Å². The Morgan fingerprint density at radius 3 is 2.58 bits per heavy atom. The van der Waals surface area contributed by atoms with E-state index in [2.05, 4.69) is 28.8 Å². The van der Waals surface area contributed by atoms with Gasteiger partial charge in [0.2, 0.25) is 0 Å². The van der Waals surface area contributed by atoms with Crippen molar-refractivity contribution in [2.75, 3.05) is 6.54 Å². The molecule has 1 amide bonds. The van der Waals surface area contributed by atoms with E-state index in [4.69, 9.17) is 5.84 Å². The highest BCUT2D eigenvalue weighted by Gasteiger charge is 2.19. The number of benzene rings is 2. The first-order valence-corrected chi connectivity index (χ1v) is 9.43. The van der Waals surface area contributed by atoms with Crippen molar-refractivity contribution in [2.24, 2.45) is 5.84 Å². The lowest BCUT2D eigenvalue weighted by atomic mass is 9.95. The van der Waals surface area contributed by atoms with Crippen molar-refractivity contribution in [3.8, 4) is 0 Å². The van der Waals surface area contributed by atoms with E-state index in [0.29, 0.717) is 12.1 Å². The zero-order chi connectivity index (χ0) is 18.1. The number of fused-ring (bicyclic) bond motifs is 3. The smallest absolute Gasteiger partial charge is 0.267 e. The highest BCUT2D eigenvalue weighted by atomic mass is 16.2. The number of hydrogen-bond acceptors (Lipinski definition) is 2. The van der Waals surface area contributed by atoms with Gasteiger partial charge in [-0.15, -0.1) is 0 Å². The normalized spacial score (nSPS) is 13.6. The van der Waals surface area contributed by atoms with E-state index in [0.717, 1.165) is 13.0 Å². The van der Waals surface area contributed by atoms with Crippen molar-refractivity contribution in [2.45, 2.75) is 39.2 Å². The number of hydrazine groups is 1. The van der Waals surface area contributed by atoms with Crippen LogP contribution in [0.4, 0.5) is 0 Å². The second-order valence-electron chi connectivity index (χ2n) is 7.02. The van der Waals surface area contributed by atoms with Crippen molar-refractivity contribution in [1.29, 1.82) is 0 Å². The van der Waals surface area contributed by atoms with Gasteiger partial charge in [-0.25, -0.2) is 5.84 Å². The Labute approximate surface area is 154 Å². The highest BCUT2D eigenvalue weighted by Crippen LogP contribution is 2.32. The van der Waals surface area contributed by atoms with Crippen LogP contribution in [-0.2, 0) is 19.4 Å². The zero-order valence-electron chi connectivity index (χ0n) is 15.2. The summed E-state index contributed by atoms with van der Waals surface area (Å²) in [5, 5.41) is 2.64. The Morgan fingerprint density at radius 1 is 1.08 bits per heavy atom. The molecule has 1 aliphatic rings. The first kappa shape index (κ1) is 16.9. The fourth-order valence-corrected chi connectivity index (χ4v) is 4.01. The van der Waals surface area contributed by atoms with Gasteiger partial charge in [0.15, 0.2) is 0 Å². The number of aromatic nitrogens is 1. The predicted octanol–water partition coefficient (Wildman–Crippen LogP) is 3.90. The average Bonchev–Trinajstić information content (AvgIpc) is 3.01. The summed E-state index contributed by atoms with van der Waals surface area (Å²) in [6.45, 7) is 3.21. The molecule has 1 aliphatic carbocycles. The van der Waals surface area contributed by atoms with E-state index >= 15 is 0 Å². The number of nitrogens with two attached hydrogens (primary N) is 1. The molecule has 4 rings (SSSR count). The standard InChI is InChI=1S/C22H25N3O/c1-2-25(23)22(26)17-13-11-16(12-14-17)15-24-20-9-5-3-7-18(20)19-8-4-6-10-21(19)24/h3,5,7,9,11-14H,2,4,6,8,10,15,23H2,1H3. The van der Waals surface area contributed by atoms with Crippen LogP contribution >= 0.6 is 0 Å². The van der Waals surface area contributed by atoms with Gasteiger partial charge in [-0.3, -0.25) is 9.80 Å². The molecule has 26 heavy (non-hydrogen) atoms. The third kappa shape index (κ3) is 2.90. The monoisotopic (exact) mass is 347 g/mol. The summed E-state index contributed by atoms with van der Waals surface area (Å²) in [5.41, 5.74) is 6.17. The average molecular weight is 347 g/mol. The predicted molar refractivity (Wildman–Crippen MR) is 105 cm³/mol. The van der Waals surface area contributed by atoms with Gasteiger partial charge in [0.25, 0.3) is 5.91 Å². The molecule has 0 spiro atoms. The molecule has 0 unspecified atom stereocenters. The van der Waals surface area contributed by atoms with Crippen LogP contribution in [0.25, 0.3) is 10.9 Å². The third-order valence-corrected chi connectivity index (χ3v) is 5.43. The van der Waals surface area contributed by atoms with Gasteiger partial charge in [-0.05, 0) is 61.9 Å². The molecule has 134 valence electrons. The molecule has 0 saturated carbocycles. The Balaban J connectivity index is 1.67. The Hall–Kier alpha value is -2.59. The van der Waals surface area contributed by atoms with Gasteiger partial charge in [-0.1, -0.05) is 30.3 Å². The lowest BCUT2D eigenvalue weighted by Crippen LogP contribution is -2.36. The van der Waals surface area contributed by atoms with Crippen LogP contribution in [0.5, 0.6) is 0 Å². The van der Waals surface area contributed by atoms with Crippen LogP contribution < -0.4 is 5.84 Å². The molecule has 3 aromatic rings. The van der Waals surface area contributed by atoms with Crippen molar-refractivity contribution in [3.05, 3.63) is 70.9 Å². The van der Waals surface area contributed by atoms with Crippen LogP contribution in [0.15, 0.2) is 48.5 Å². The lowest BCUT2D eigenvalue weighted by molar-refractivity contribution is 0.0764. The Kier molecular flexibility index (Phi) is 4.51. The van der Waals surface area contributed by atoms with Crippen LogP contribution in [0.3, 0.4) is 0 Å². The number of amides is 1. The number of para-hydroxylation sites is 1. The number of carbonyl (C=O) groups is 1. The lowest BCUT2D eigenvalue weighted by Gasteiger charge is -2.17. The van der Waals surface area contributed by atoms with Crippen LogP contribution in [0.2, 0.25) is 0 Å². The van der Waals surface area contributed by atoms with Crippen LogP contribution in [0.1, 0.15) is 46.9 Å². The summed E-state index contributed by atoms with van der Waals surface area (Å²) in [7, 11) is 0. The number of aryl methyl sites for hydroxylation is 1. The summed E-state index contributed by atoms with van der Waals surface area (Å²) < 4.78 is 2.46. The molecular weight excluding hydrogens is 322 g/mol. The van der Waals surface area contributed by atoms with E-state index in [9.17, 15) is 4.79 Å².